The fourth-order valence-corrected chi connectivity index (χ4v) is 6.84. The van der Waals surface area contributed by atoms with Crippen molar-refractivity contribution in [1.29, 1.82) is 0 Å². The van der Waals surface area contributed by atoms with Crippen molar-refractivity contribution in [1.82, 2.24) is 0 Å². The maximum Gasteiger partial charge on any atom is 0.192 e. The maximum atomic E-state index is 13.1. The lowest BCUT2D eigenvalue weighted by Gasteiger charge is -2.44. The summed E-state index contributed by atoms with van der Waals surface area (Å²) < 4.78 is 13.2. The van der Waals surface area contributed by atoms with Crippen LogP contribution in [-0.4, -0.2) is 57.5 Å². The van der Waals surface area contributed by atoms with Gasteiger partial charge in [-0.25, -0.2) is 0 Å². The Labute approximate surface area is 225 Å². The van der Waals surface area contributed by atoms with E-state index in [2.05, 4.69) is 81.6 Å². The Morgan fingerprint density at radius 1 is 0.889 bits per heavy atom. The molecule has 7 atom stereocenters. The molecule has 0 rings (SSSR count). The molecule has 0 bridgehead atoms. The van der Waals surface area contributed by atoms with Crippen LogP contribution in [0, 0.1) is 23.7 Å². The zero-order valence-corrected chi connectivity index (χ0v) is 28.2. The molecule has 0 heterocycles. The Bertz CT molecular complexity index is 705. The van der Waals surface area contributed by atoms with Gasteiger partial charge in [0.15, 0.2) is 22.4 Å². The fraction of sp³-hybridized carbons (Fsp3) is 0.897. The molecule has 2 N–H and O–H groups in total. The second-order valence-electron chi connectivity index (χ2n) is 14.1. The average Bonchev–Trinajstić information content (AvgIpc) is 2.73. The molecule has 0 radical (unpaired) electrons. The molecular formula is C29H60O5Si2. The number of carbonyl (C=O) groups is 1. The number of allylic oxidation sites excluding steroid dienone is 1. The zero-order chi connectivity index (χ0) is 28.9. The van der Waals surface area contributed by atoms with Gasteiger partial charge < -0.3 is 19.1 Å². The molecule has 214 valence electrons. The normalized spacial score (nSPS) is 20.0. The minimum Gasteiger partial charge on any atom is -0.414 e. The highest BCUT2D eigenvalue weighted by Gasteiger charge is 2.43. The minimum atomic E-state index is -2.13. The summed E-state index contributed by atoms with van der Waals surface area (Å²) in [6.45, 7) is 32.0. The van der Waals surface area contributed by atoms with Gasteiger partial charge in [-0.1, -0.05) is 75.3 Å². The number of aliphatic hydroxyl groups excluding tert-OH is 2. The van der Waals surface area contributed by atoms with Gasteiger partial charge in [0.2, 0.25) is 0 Å². The molecule has 0 saturated heterocycles. The Balaban J connectivity index is 5.58. The minimum absolute atomic E-state index is 0.00755. The number of carbonyl (C=O) groups excluding carboxylic acids is 1. The first-order valence-corrected chi connectivity index (χ1v) is 19.7. The van der Waals surface area contributed by atoms with Crippen molar-refractivity contribution in [2.75, 3.05) is 6.61 Å². The van der Waals surface area contributed by atoms with Crippen LogP contribution < -0.4 is 0 Å². The topological polar surface area (TPSA) is 76.0 Å². The monoisotopic (exact) mass is 544 g/mol. The summed E-state index contributed by atoms with van der Waals surface area (Å²) in [6, 6.07) is 0. The molecule has 0 amide bonds. The molecule has 0 unspecified atom stereocenters. The van der Waals surface area contributed by atoms with Crippen LogP contribution in [0.2, 0.25) is 36.3 Å². The molecule has 5 nitrogen and oxygen atoms in total. The van der Waals surface area contributed by atoms with Crippen LogP contribution in [0.15, 0.2) is 12.2 Å². The van der Waals surface area contributed by atoms with E-state index in [1.54, 1.807) is 13.0 Å². The van der Waals surface area contributed by atoms with E-state index in [-0.39, 0.29) is 52.4 Å². The van der Waals surface area contributed by atoms with Gasteiger partial charge in [-0.05, 0) is 55.7 Å². The van der Waals surface area contributed by atoms with E-state index < -0.39 is 28.7 Å². The first-order chi connectivity index (χ1) is 16.0. The molecular weight excluding hydrogens is 484 g/mol. The lowest BCUT2D eigenvalue weighted by Crippen LogP contribution is -2.50. The summed E-state index contributed by atoms with van der Waals surface area (Å²) in [7, 11) is -4.04. The van der Waals surface area contributed by atoms with Gasteiger partial charge in [0.1, 0.15) is 0 Å². The van der Waals surface area contributed by atoms with Crippen LogP contribution in [0.25, 0.3) is 0 Å². The van der Waals surface area contributed by atoms with Crippen molar-refractivity contribution in [3.8, 4) is 0 Å². The average molecular weight is 545 g/mol. The van der Waals surface area contributed by atoms with Crippen molar-refractivity contribution in [3.63, 3.8) is 0 Å². The highest BCUT2D eigenvalue weighted by atomic mass is 28.4. The third-order valence-electron chi connectivity index (χ3n) is 8.97. The summed E-state index contributed by atoms with van der Waals surface area (Å²) in [5.41, 5.74) is 0. The van der Waals surface area contributed by atoms with Gasteiger partial charge >= 0.3 is 0 Å². The van der Waals surface area contributed by atoms with Crippen LogP contribution >= 0.6 is 0 Å². The summed E-state index contributed by atoms with van der Waals surface area (Å²) in [4.78, 5) is 13.1. The Hall–Kier alpha value is -0.316. The van der Waals surface area contributed by atoms with Crippen molar-refractivity contribution in [3.05, 3.63) is 12.2 Å². The van der Waals surface area contributed by atoms with Gasteiger partial charge in [-0.2, -0.15) is 0 Å². The van der Waals surface area contributed by atoms with E-state index in [9.17, 15) is 15.0 Å². The third kappa shape index (κ3) is 9.77. The van der Waals surface area contributed by atoms with Crippen LogP contribution in [0.1, 0.15) is 82.6 Å². The SMILES string of the molecule is CC[C@@H](/C=C\C(=O)[C@@H](C)[C@H](O)[C@H](C)[C@@H](O[Si](C)(C)C(C)(C)C)[C@@H](C)CO)[C@@H](C)O[Si](C)(C)C(C)(C)C. The highest BCUT2D eigenvalue weighted by Crippen LogP contribution is 2.40. The molecule has 0 aliphatic heterocycles. The van der Waals surface area contributed by atoms with Gasteiger partial charge in [-0.15, -0.1) is 0 Å². The second kappa shape index (κ2) is 13.7. The first-order valence-electron chi connectivity index (χ1n) is 13.9. The molecule has 0 saturated carbocycles. The van der Waals surface area contributed by atoms with E-state index in [4.69, 9.17) is 8.85 Å². The largest absolute Gasteiger partial charge is 0.414 e. The van der Waals surface area contributed by atoms with Crippen molar-refractivity contribution < 1.29 is 23.9 Å². The van der Waals surface area contributed by atoms with Gasteiger partial charge in [0.05, 0.1) is 12.2 Å². The Kier molecular flexibility index (Phi) is 13.5. The van der Waals surface area contributed by atoms with Gasteiger partial charge in [0, 0.05) is 36.4 Å². The molecule has 7 heteroatoms. The molecule has 0 aromatic carbocycles. The predicted octanol–water partition coefficient (Wildman–Crippen LogP) is 7.20. The lowest BCUT2D eigenvalue weighted by atomic mass is 9.82. The number of hydrogen-bond donors (Lipinski definition) is 2. The van der Waals surface area contributed by atoms with Crippen molar-refractivity contribution in [2.24, 2.45) is 23.7 Å². The van der Waals surface area contributed by atoms with Gasteiger partial charge in [-0.3, -0.25) is 4.79 Å². The molecule has 0 aliphatic carbocycles. The van der Waals surface area contributed by atoms with Crippen LogP contribution in [0.3, 0.4) is 0 Å². The lowest BCUT2D eigenvalue weighted by molar-refractivity contribution is -0.123. The van der Waals surface area contributed by atoms with E-state index in [0.717, 1.165) is 6.42 Å². The number of rotatable bonds is 14. The van der Waals surface area contributed by atoms with Crippen molar-refractivity contribution in [2.45, 2.75) is 137 Å². The van der Waals surface area contributed by atoms with Crippen LogP contribution in [-0.2, 0) is 13.6 Å². The first kappa shape index (κ1) is 35.7. The maximum absolute atomic E-state index is 13.1. The summed E-state index contributed by atoms with van der Waals surface area (Å²) in [5, 5.41) is 21.3. The quantitative estimate of drug-likeness (QED) is 0.179. The van der Waals surface area contributed by atoms with E-state index in [1.807, 2.05) is 19.9 Å². The third-order valence-corrected chi connectivity index (χ3v) is 18.0. The highest BCUT2D eigenvalue weighted by molar-refractivity contribution is 6.74. The van der Waals surface area contributed by atoms with E-state index >= 15 is 0 Å². The summed E-state index contributed by atoms with van der Waals surface area (Å²) >= 11 is 0. The molecule has 36 heavy (non-hydrogen) atoms. The summed E-state index contributed by atoms with van der Waals surface area (Å²) in [6.07, 6.45) is 3.31. The zero-order valence-electron chi connectivity index (χ0n) is 26.2. The number of aliphatic hydroxyl groups is 2. The van der Waals surface area contributed by atoms with E-state index in [1.165, 1.54) is 0 Å². The smallest absolute Gasteiger partial charge is 0.192 e. The van der Waals surface area contributed by atoms with Crippen molar-refractivity contribution >= 4 is 22.4 Å². The number of ketones is 1. The molecule has 0 fully saturated rings. The predicted molar refractivity (Wildman–Crippen MR) is 158 cm³/mol. The van der Waals surface area contributed by atoms with Crippen LogP contribution in [0.5, 0.6) is 0 Å². The number of hydrogen-bond acceptors (Lipinski definition) is 5. The fourth-order valence-electron chi connectivity index (χ4n) is 3.90. The van der Waals surface area contributed by atoms with E-state index in [0.29, 0.717) is 0 Å². The molecule has 0 aromatic rings. The molecule has 0 aromatic heterocycles. The van der Waals surface area contributed by atoms with Crippen LogP contribution in [0.4, 0.5) is 0 Å². The van der Waals surface area contributed by atoms with Gasteiger partial charge in [0.25, 0.3) is 0 Å². The molecule has 0 spiro atoms. The second-order valence-corrected chi connectivity index (χ2v) is 23.6. The Morgan fingerprint density at radius 2 is 1.33 bits per heavy atom. The standard InChI is InChI=1S/C29H60O5Si2/c1-16-24(23(5)33-35(12,13)28(6,7)8)17-18-25(31)21(3)26(32)22(4)27(20(2)19-30)34-36(14,15)29(9,10)11/h17-18,20-24,26-27,30,32H,16,19H2,1-15H3/b18-17-/t20-,21+,22-,23+,24-,26-,27-/m0/s1. The Morgan fingerprint density at radius 3 is 1.72 bits per heavy atom. The molecule has 0 aliphatic rings. The summed E-state index contributed by atoms with van der Waals surface area (Å²) in [5.74, 6) is -0.957.